The average molecular weight is 304 g/mol. The summed E-state index contributed by atoms with van der Waals surface area (Å²) in [4.78, 5) is 0.131. The van der Waals surface area contributed by atoms with Gasteiger partial charge in [-0.2, -0.15) is 0 Å². The van der Waals surface area contributed by atoms with Crippen LogP contribution in [0.2, 0.25) is 0 Å². The van der Waals surface area contributed by atoms with E-state index in [1.54, 1.807) is 24.3 Å². The highest BCUT2D eigenvalue weighted by Crippen LogP contribution is 2.28. The highest BCUT2D eigenvalue weighted by molar-refractivity contribution is 7.92. The Morgan fingerprint density at radius 1 is 1.19 bits per heavy atom. The van der Waals surface area contributed by atoms with Gasteiger partial charge in [0.2, 0.25) is 0 Å². The summed E-state index contributed by atoms with van der Waals surface area (Å²) in [5.41, 5.74) is 2.74. The standard InChI is InChI=1S/C15H16N2O3S/c1-20-14-4-2-3-5-15(14)21(18,19)17-12-6-7-13-11(10-12)8-9-16-13/h2-7,10,16-17H,8-9H2,1H3. The van der Waals surface area contributed by atoms with Crippen molar-refractivity contribution in [1.29, 1.82) is 0 Å². The molecule has 0 aromatic heterocycles. The number of benzene rings is 2. The summed E-state index contributed by atoms with van der Waals surface area (Å²) in [7, 11) is -2.22. The molecule has 2 aromatic carbocycles. The lowest BCUT2D eigenvalue weighted by atomic mass is 10.1. The summed E-state index contributed by atoms with van der Waals surface area (Å²) < 4.78 is 32.7. The third-order valence-corrected chi connectivity index (χ3v) is 4.85. The lowest BCUT2D eigenvalue weighted by Crippen LogP contribution is -2.14. The molecule has 0 aliphatic carbocycles. The van der Waals surface area contributed by atoms with E-state index in [0.29, 0.717) is 11.4 Å². The van der Waals surface area contributed by atoms with Crippen LogP contribution < -0.4 is 14.8 Å². The van der Waals surface area contributed by atoms with Crippen LogP contribution in [0, 0.1) is 0 Å². The Morgan fingerprint density at radius 3 is 2.81 bits per heavy atom. The Bertz CT molecular complexity index is 772. The number of anilines is 2. The Kier molecular flexibility index (Phi) is 3.47. The van der Waals surface area contributed by atoms with Crippen LogP contribution in [-0.4, -0.2) is 22.1 Å². The van der Waals surface area contributed by atoms with Gasteiger partial charge in [0.25, 0.3) is 10.0 Å². The first-order valence-corrected chi connectivity index (χ1v) is 8.11. The Balaban J connectivity index is 1.93. The molecule has 0 saturated heterocycles. The fourth-order valence-corrected chi connectivity index (χ4v) is 3.64. The highest BCUT2D eigenvalue weighted by Gasteiger charge is 2.20. The van der Waals surface area contributed by atoms with Gasteiger partial charge in [-0.25, -0.2) is 8.42 Å². The van der Waals surface area contributed by atoms with Crippen LogP contribution >= 0.6 is 0 Å². The molecule has 0 fully saturated rings. The first-order valence-electron chi connectivity index (χ1n) is 6.63. The fourth-order valence-electron chi connectivity index (χ4n) is 2.42. The molecular formula is C15H16N2O3S. The van der Waals surface area contributed by atoms with Crippen LogP contribution in [0.1, 0.15) is 5.56 Å². The number of nitrogens with one attached hydrogen (secondary N) is 2. The second kappa shape index (κ2) is 5.29. The SMILES string of the molecule is COc1ccccc1S(=O)(=O)Nc1ccc2c(c1)CCN2. The summed E-state index contributed by atoms with van der Waals surface area (Å²) in [5.74, 6) is 0.327. The molecule has 1 aliphatic rings. The quantitative estimate of drug-likeness (QED) is 0.910. The van der Waals surface area contributed by atoms with E-state index in [1.165, 1.54) is 13.2 Å². The smallest absolute Gasteiger partial charge is 0.265 e. The van der Waals surface area contributed by atoms with Crippen molar-refractivity contribution in [2.75, 3.05) is 23.7 Å². The van der Waals surface area contributed by atoms with E-state index in [0.717, 1.165) is 24.2 Å². The third kappa shape index (κ3) is 2.67. The van der Waals surface area contributed by atoms with E-state index >= 15 is 0 Å². The minimum atomic E-state index is -3.67. The van der Waals surface area contributed by atoms with E-state index < -0.39 is 10.0 Å². The molecule has 2 aromatic rings. The molecule has 0 saturated carbocycles. The summed E-state index contributed by atoms with van der Waals surface area (Å²) in [6.07, 6.45) is 0.902. The number of para-hydroxylation sites is 1. The third-order valence-electron chi connectivity index (χ3n) is 3.43. The van der Waals surface area contributed by atoms with Crippen molar-refractivity contribution in [3.05, 3.63) is 48.0 Å². The molecule has 0 spiro atoms. The van der Waals surface area contributed by atoms with Crippen molar-refractivity contribution in [3.8, 4) is 5.75 Å². The number of fused-ring (bicyclic) bond motifs is 1. The lowest BCUT2D eigenvalue weighted by Gasteiger charge is -2.12. The predicted molar refractivity (Wildman–Crippen MR) is 82.4 cm³/mol. The average Bonchev–Trinajstić information content (AvgIpc) is 2.94. The molecular weight excluding hydrogens is 288 g/mol. The van der Waals surface area contributed by atoms with Gasteiger partial charge < -0.3 is 10.1 Å². The molecule has 0 amide bonds. The molecule has 0 radical (unpaired) electrons. The van der Waals surface area contributed by atoms with Crippen molar-refractivity contribution < 1.29 is 13.2 Å². The first-order chi connectivity index (χ1) is 10.1. The maximum absolute atomic E-state index is 12.5. The fraction of sp³-hybridized carbons (Fsp3) is 0.200. The number of rotatable bonds is 4. The van der Waals surface area contributed by atoms with Gasteiger partial charge in [0.1, 0.15) is 10.6 Å². The molecule has 2 N–H and O–H groups in total. The largest absolute Gasteiger partial charge is 0.495 e. The van der Waals surface area contributed by atoms with Crippen molar-refractivity contribution >= 4 is 21.4 Å². The van der Waals surface area contributed by atoms with Crippen molar-refractivity contribution in [1.82, 2.24) is 0 Å². The van der Waals surface area contributed by atoms with Gasteiger partial charge in [0.15, 0.2) is 0 Å². The second-order valence-electron chi connectivity index (χ2n) is 4.81. The normalized spacial score (nSPS) is 13.4. The summed E-state index contributed by atoms with van der Waals surface area (Å²) >= 11 is 0. The van der Waals surface area contributed by atoms with Gasteiger partial charge >= 0.3 is 0 Å². The zero-order valence-corrected chi connectivity index (χ0v) is 12.4. The monoisotopic (exact) mass is 304 g/mol. The number of ether oxygens (including phenoxy) is 1. The number of methoxy groups -OCH3 is 1. The molecule has 6 heteroatoms. The molecule has 5 nitrogen and oxygen atoms in total. The van der Waals surface area contributed by atoms with Gasteiger partial charge in [-0.3, -0.25) is 4.72 Å². The van der Waals surface area contributed by atoms with E-state index in [2.05, 4.69) is 10.0 Å². The van der Waals surface area contributed by atoms with Crippen molar-refractivity contribution in [3.63, 3.8) is 0 Å². The van der Waals surface area contributed by atoms with Crippen molar-refractivity contribution in [2.45, 2.75) is 11.3 Å². The van der Waals surface area contributed by atoms with Crippen LogP contribution in [0.25, 0.3) is 0 Å². The number of hydrogen-bond donors (Lipinski definition) is 2. The number of hydrogen-bond acceptors (Lipinski definition) is 4. The van der Waals surface area contributed by atoms with Gasteiger partial charge in [-0.05, 0) is 42.3 Å². The molecule has 0 unspecified atom stereocenters. The van der Waals surface area contributed by atoms with Crippen LogP contribution in [0.4, 0.5) is 11.4 Å². The van der Waals surface area contributed by atoms with Crippen LogP contribution in [0.5, 0.6) is 5.75 Å². The predicted octanol–water partition coefficient (Wildman–Crippen LogP) is 2.46. The highest BCUT2D eigenvalue weighted by atomic mass is 32.2. The van der Waals surface area contributed by atoms with E-state index in [-0.39, 0.29) is 4.90 Å². The second-order valence-corrected chi connectivity index (χ2v) is 6.46. The van der Waals surface area contributed by atoms with Gasteiger partial charge in [-0.15, -0.1) is 0 Å². The molecule has 21 heavy (non-hydrogen) atoms. The minimum absolute atomic E-state index is 0.131. The first kappa shape index (κ1) is 13.8. The zero-order valence-electron chi connectivity index (χ0n) is 11.6. The molecule has 0 bridgehead atoms. The molecule has 3 rings (SSSR count). The van der Waals surface area contributed by atoms with Gasteiger partial charge in [-0.1, -0.05) is 12.1 Å². The molecule has 110 valence electrons. The minimum Gasteiger partial charge on any atom is -0.495 e. The Labute approximate surface area is 124 Å². The number of sulfonamides is 1. The molecule has 1 aliphatic heterocycles. The van der Waals surface area contributed by atoms with E-state index in [1.807, 2.05) is 12.1 Å². The lowest BCUT2D eigenvalue weighted by molar-refractivity contribution is 0.403. The summed E-state index contributed by atoms with van der Waals surface area (Å²) in [6, 6.07) is 12.1. The Hall–Kier alpha value is -2.21. The molecule has 0 atom stereocenters. The maximum Gasteiger partial charge on any atom is 0.265 e. The van der Waals surface area contributed by atoms with Crippen LogP contribution in [0.15, 0.2) is 47.4 Å². The molecule has 1 heterocycles. The van der Waals surface area contributed by atoms with Crippen LogP contribution in [-0.2, 0) is 16.4 Å². The maximum atomic E-state index is 12.5. The Morgan fingerprint density at radius 2 is 2.00 bits per heavy atom. The van der Waals surface area contributed by atoms with Crippen LogP contribution in [0.3, 0.4) is 0 Å². The topological polar surface area (TPSA) is 67.4 Å². The summed E-state index contributed by atoms with van der Waals surface area (Å²) in [5, 5.41) is 3.24. The van der Waals surface area contributed by atoms with Crippen molar-refractivity contribution in [2.24, 2.45) is 0 Å². The van der Waals surface area contributed by atoms with E-state index in [4.69, 9.17) is 4.74 Å². The zero-order chi connectivity index (χ0) is 14.9. The van der Waals surface area contributed by atoms with Gasteiger partial charge in [0, 0.05) is 17.9 Å². The van der Waals surface area contributed by atoms with Gasteiger partial charge in [0.05, 0.1) is 7.11 Å². The summed E-state index contributed by atoms with van der Waals surface area (Å²) in [6.45, 7) is 0.887. The van der Waals surface area contributed by atoms with E-state index in [9.17, 15) is 8.42 Å².